The highest BCUT2D eigenvalue weighted by molar-refractivity contribution is 5.83. The van der Waals surface area contributed by atoms with Gasteiger partial charge in [-0.25, -0.2) is 4.79 Å². The molecule has 2 aromatic carbocycles. The number of amides is 1. The Morgan fingerprint density at radius 3 is 2.72 bits per heavy atom. The fourth-order valence-corrected chi connectivity index (χ4v) is 2.64. The third kappa shape index (κ3) is 3.95. The molecule has 0 spiro atoms. The predicted octanol–water partition coefficient (Wildman–Crippen LogP) is 3.55. The first-order valence-electron chi connectivity index (χ1n) is 7.83. The molecule has 0 aliphatic rings. The molecule has 0 atom stereocenters. The van der Waals surface area contributed by atoms with E-state index < -0.39 is 11.0 Å². The molecule has 7 heteroatoms. The first-order valence-corrected chi connectivity index (χ1v) is 7.83. The van der Waals surface area contributed by atoms with Crippen LogP contribution in [0.3, 0.4) is 0 Å². The van der Waals surface area contributed by atoms with E-state index in [0.29, 0.717) is 18.5 Å². The maximum atomic E-state index is 11.8. The van der Waals surface area contributed by atoms with Gasteiger partial charge in [0.25, 0.3) is 5.69 Å². The van der Waals surface area contributed by atoms with Gasteiger partial charge in [-0.15, -0.1) is 0 Å². The summed E-state index contributed by atoms with van der Waals surface area (Å²) in [7, 11) is 0. The van der Waals surface area contributed by atoms with E-state index in [0.717, 1.165) is 16.5 Å². The number of hydrogen-bond acceptors (Lipinski definition) is 4. The monoisotopic (exact) mass is 339 g/mol. The summed E-state index contributed by atoms with van der Waals surface area (Å²) >= 11 is 0. The number of nitro benzene ring substituents is 1. The van der Waals surface area contributed by atoms with Crippen LogP contribution in [0.15, 0.2) is 54.7 Å². The van der Waals surface area contributed by atoms with Crippen LogP contribution in [-0.4, -0.2) is 22.5 Å². The van der Waals surface area contributed by atoms with E-state index in [1.165, 1.54) is 6.07 Å². The van der Waals surface area contributed by atoms with Crippen molar-refractivity contribution < 1.29 is 14.5 Å². The SMILES string of the molecule is O=C(NCCc1c[nH]c2ccccc12)OCc1ccccc1[N+](=O)[O-]. The summed E-state index contributed by atoms with van der Waals surface area (Å²) in [5.74, 6) is 0. The minimum atomic E-state index is -0.599. The summed E-state index contributed by atoms with van der Waals surface area (Å²) in [6.07, 6.45) is 1.98. The molecule has 2 N–H and O–H groups in total. The van der Waals surface area contributed by atoms with Crippen molar-refractivity contribution in [3.63, 3.8) is 0 Å². The molecule has 1 amide bonds. The lowest BCUT2D eigenvalue weighted by atomic mass is 10.1. The number of rotatable bonds is 6. The number of fused-ring (bicyclic) bond motifs is 1. The highest BCUT2D eigenvalue weighted by Crippen LogP contribution is 2.19. The molecule has 3 aromatic rings. The van der Waals surface area contributed by atoms with Crippen LogP contribution in [0.2, 0.25) is 0 Å². The van der Waals surface area contributed by atoms with Crippen molar-refractivity contribution in [2.45, 2.75) is 13.0 Å². The number of aromatic nitrogens is 1. The Balaban J connectivity index is 1.50. The second-order valence-corrected chi connectivity index (χ2v) is 5.50. The molecule has 0 aliphatic heterocycles. The van der Waals surface area contributed by atoms with Crippen molar-refractivity contribution in [3.8, 4) is 0 Å². The van der Waals surface area contributed by atoms with Gasteiger partial charge in [-0.2, -0.15) is 0 Å². The lowest BCUT2D eigenvalue weighted by Crippen LogP contribution is -2.26. The fourth-order valence-electron chi connectivity index (χ4n) is 2.64. The first-order chi connectivity index (χ1) is 12.1. The van der Waals surface area contributed by atoms with Crippen LogP contribution in [0.4, 0.5) is 10.5 Å². The van der Waals surface area contributed by atoms with Gasteiger partial charge >= 0.3 is 6.09 Å². The van der Waals surface area contributed by atoms with E-state index in [2.05, 4.69) is 10.3 Å². The van der Waals surface area contributed by atoms with Crippen LogP contribution in [-0.2, 0) is 17.8 Å². The summed E-state index contributed by atoms with van der Waals surface area (Å²) in [5.41, 5.74) is 2.46. The van der Waals surface area contributed by atoms with E-state index in [1.54, 1.807) is 18.2 Å². The highest BCUT2D eigenvalue weighted by Gasteiger charge is 2.14. The average Bonchev–Trinajstić information content (AvgIpc) is 3.03. The summed E-state index contributed by atoms with van der Waals surface area (Å²) in [6, 6.07) is 14.1. The van der Waals surface area contributed by atoms with Crippen LogP contribution in [0.1, 0.15) is 11.1 Å². The molecular weight excluding hydrogens is 322 g/mol. The number of ether oxygens (including phenoxy) is 1. The number of H-pyrrole nitrogens is 1. The van der Waals surface area contributed by atoms with Crippen molar-refractivity contribution >= 4 is 22.7 Å². The van der Waals surface area contributed by atoms with Crippen molar-refractivity contribution in [2.24, 2.45) is 0 Å². The second-order valence-electron chi connectivity index (χ2n) is 5.50. The van der Waals surface area contributed by atoms with Gasteiger partial charge in [-0.3, -0.25) is 10.1 Å². The molecule has 0 saturated heterocycles. The summed E-state index contributed by atoms with van der Waals surface area (Å²) in [4.78, 5) is 25.4. The van der Waals surface area contributed by atoms with Gasteiger partial charge in [0, 0.05) is 29.7 Å². The Morgan fingerprint density at radius 1 is 1.12 bits per heavy atom. The summed E-state index contributed by atoms with van der Waals surface area (Å²) in [5, 5.41) is 14.7. The van der Waals surface area contributed by atoms with E-state index >= 15 is 0 Å². The summed E-state index contributed by atoms with van der Waals surface area (Å²) in [6.45, 7) is 0.271. The lowest BCUT2D eigenvalue weighted by molar-refractivity contribution is -0.385. The summed E-state index contributed by atoms with van der Waals surface area (Å²) < 4.78 is 5.06. The number of nitrogens with one attached hydrogen (secondary N) is 2. The number of hydrogen-bond donors (Lipinski definition) is 2. The number of benzene rings is 2. The lowest BCUT2D eigenvalue weighted by Gasteiger charge is -2.07. The molecule has 0 unspecified atom stereocenters. The quantitative estimate of drug-likeness (QED) is 0.530. The highest BCUT2D eigenvalue weighted by atomic mass is 16.6. The smallest absolute Gasteiger partial charge is 0.407 e. The van der Waals surface area contributed by atoms with Crippen molar-refractivity contribution in [1.29, 1.82) is 0 Å². The number of carbonyl (C=O) groups excluding carboxylic acids is 1. The van der Waals surface area contributed by atoms with Crippen molar-refractivity contribution in [3.05, 3.63) is 76.0 Å². The number of carbonyl (C=O) groups is 1. The normalized spacial score (nSPS) is 10.6. The maximum Gasteiger partial charge on any atom is 0.407 e. The van der Waals surface area contributed by atoms with Crippen LogP contribution < -0.4 is 5.32 Å². The van der Waals surface area contributed by atoms with Gasteiger partial charge in [-0.1, -0.05) is 30.3 Å². The van der Waals surface area contributed by atoms with Gasteiger partial charge in [0.1, 0.15) is 6.61 Å². The Morgan fingerprint density at radius 2 is 1.88 bits per heavy atom. The predicted molar refractivity (Wildman–Crippen MR) is 93.3 cm³/mol. The number of para-hydroxylation sites is 2. The molecular formula is C18H17N3O4. The topological polar surface area (TPSA) is 97.3 Å². The van der Waals surface area contributed by atoms with Gasteiger partial charge in [-0.05, 0) is 24.1 Å². The Hall–Kier alpha value is -3.35. The van der Waals surface area contributed by atoms with Crippen LogP contribution in [0.5, 0.6) is 0 Å². The molecule has 1 aromatic heterocycles. The Kier molecular flexibility index (Phi) is 4.94. The number of nitrogens with zero attached hydrogens (tertiary/aromatic N) is 1. The molecule has 3 rings (SSSR count). The van der Waals surface area contributed by atoms with Gasteiger partial charge in [0.15, 0.2) is 0 Å². The number of nitro groups is 1. The molecule has 0 aliphatic carbocycles. The Labute approximate surface area is 143 Å². The van der Waals surface area contributed by atoms with Crippen molar-refractivity contribution in [2.75, 3.05) is 6.54 Å². The van der Waals surface area contributed by atoms with E-state index in [-0.39, 0.29) is 12.3 Å². The van der Waals surface area contributed by atoms with Crippen molar-refractivity contribution in [1.82, 2.24) is 10.3 Å². The molecule has 0 saturated carbocycles. The third-order valence-corrected chi connectivity index (χ3v) is 3.89. The number of aromatic amines is 1. The zero-order chi connectivity index (χ0) is 17.6. The second kappa shape index (κ2) is 7.48. The third-order valence-electron chi connectivity index (χ3n) is 3.89. The van der Waals surface area contributed by atoms with Crippen LogP contribution in [0.25, 0.3) is 10.9 Å². The first kappa shape index (κ1) is 16.5. The zero-order valence-corrected chi connectivity index (χ0v) is 13.4. The van der Waals surface area contributed by atoms with E-state index in [4.69, 9.17) is 4.74 Å². The zero-order valence-electron chi connectivity index (χ0n) is 13.4. The minimum Gasteiger partial charge on any atom is -0.444 e. The standard InChI is InChI=1S/C18H17N3O4/c22-18(25-12-14-5-1-4-8-17(14)21(23)24)19-10-9-13-11-20-16-7-3-2-6-15(13)16/h1-8,11,20H,9-10,12H2,(H,19,22). The van der Waals surface area contributed by atoms with E-state index in [1.807, 2.05) is 30.5 Å². The molecule has 25 heavy (non-hydrogen) atoms. The van der Waals surface area contributed by atoms with E-state index in [9.17, 15) is 14.9 Å². The molecule has 7 nitrogen and oxygen atoms in total. The largest absolute Gasteiger partial charge is 0.444 e. The molecule has 0 radical (unpaired) electrons. The molecule has 0 bridgehead atoms. The molecule has 128 valence electrons. The molecule has 1 heterocycles. The van der Waals surface area contributed by atoms with Gasteiger partial charge in [0.2, 0.25) is 0 Å². The fraction of sp³-hybridized carbons (Fsp3) is 0.167. The Bertz CT molecular complexity index is 904. The van der Waals surface area contributed by atoms with Crippen LogP contribution >= 0.6 is 0 Å². The molecule has 0 fully saturated rings. The van der Waals surface area contributed by atoms with Crippen LogP contribution in [0, 0.1) is 10.1 Å². The average molecular weight is 339 g/mol. The van der Waals surface area contributed by atoms with Gasteiger partial charge < -0.3 is 15.0 Å². The maximum absolute atomic E-state index is 11.8. The number of alkyl carbamates (subject to hydrolysis) is 1. The minimum absolute atomic E-state index is 0.0610. The van der Waals surface area contributed by atoms with Gasteiger partial charge in [0.05, 0.1) is 10.5 Å².